The van der Waals surface area contributed by atoms with E-state index >= 15 is 0 Å². The summed E-state index contributed by atoms with van der Waals surface area (Å²) in [7, 11) is 0. The van der Waals surface area contributed by atoms with Gasteiger partial charge in [0, 0.05) is 19.6 Å². The van der Waals surface area contributed by atoms with E-state index in [1.54, 1.807) is 0 Å². The normalized spacial score (nSPS) is 23.2. The topological polar surface area (TPSA) is 23.5 Å². The first-order chi connectivity index (χ1) is 3.83. The Hall–Kier alpha value is -0.150. The zero-order chi connectivity index (χ0) is 5.98. The monoisotopic (exact) mass is 119 g/mol. The van der Waals surface area contributed by atoms with Crippen LogP contribution in [0.4, 0.5) is 4.39 Å². The summed E-state index contributed by atoms with van der Waals surface area (Å²) in [5.41, 5.74) is 0. The Morgan fingerprint density at radius 2 is 2.25 bits per heavy atom. The van der Waals surface area contributed by atoms with E-state index in [0.29, 0.717) is 19.6 Å². The van der Waals surface area contributed by atoms with E-state index in [1.165, 1.54) is 0 Å². The third-order valence-corrected chi connectivity index (χ3v) is 1.34. The summed E-state index contributed by atoms with van der Waals surface area (Å²) in [6.45, 7) is 1.50. The van der Waals surface area contributed by atoms with Crippen LogP contribution in [0.2, 0.25) is 0 Å². The van der Waals surface area contributed by atoms with Gasteiger partial charge in [-0.1, -0.05) is 0 Å². The number of aliphatic hydroxyl groups excluding tert-OH is 1. The molecule has 0 bridgehead atoms. The van der Waals surface area contributed by atoms with Gasteiger partial charge in [0.25, 0.3) is 0 Å². The van der Waals surface area contributed by atoms with Crippen molar-refractivity contribution in [2.75, 3.05) is 26.3 Å². The maximum atomic E-state index is 11.5. The van der Waals surface area contributed by atoms with Gasteiger partial charge >= 0.3 is 0 Å². The van der Waals surface area contributed by atoms with Crippen LogP contribution in [0.3, 0.4) is 0 Å². The molecule has 1 N–H and O–H groups in total. The Morgan fingerprint density at radius 3 is 2.62 bits per heavy atom. The van der Waals surface area contributed by atoms with E-state index in [2.05, 4.69) is 0 Å². The summed E-state index contributed by atoms with van der Waals surface area (Å²) >= 11 is 0. The van der Waals surface area contributed by atoms with Crippen molar-refractivity contribution in [3.63, 3.8) is 0 Å². The van der Waals surface area contributed by atoms with Crippen LogP contribution in [0, 0.1) is 0 Å². The zero-order valence-electron chi connectivity index (χ0n) is 4.68. The van der Waals surface area contributed by atoms with Crippen molar-refractivity contribution in [2.45, 2.75) is 6.10 Å². The highest BCUT2D eigenvalue weighted by Crippen LogP contribution is 2.05. The molecule has 1 rings (SSSR count). The number of hydrogen-bond acceptors (Lipinski definition) is 2. The molecule has 0 aromatic carbocycles. The van der Waals surface area contributed by atoms with Gasteiger partial charge in [-0.05, 0) is 0 Å². The predicted octanol–water partition coefficient (Wildman–Crippen LogP) is -0.368. The Balaban J connectivity index is 1.98. The molecule has 0 unspecified atom stereocenters. The average molecular weight is 119 g/mol. The summed E-state index contributed by atoms with van der Waals surface area (Å²) in [6.07, 6.45) is -0.193. The molecule has 48 valence electrons. The van der Waals surface area contributed by atoms with E-state index in [4.69, 9.17) is 5.11 Å². The molecule has 1 aliphatic heterocycles. The van der Waals surface area contributed by atoms with Gasteiger partial charge in [-0.25, -0.2) is 4.39 Å². The highest BCUT2D eigenvalue weighted by atomic mass is 19.1. The SMILES string of the molecule is OC1CN(CCF)C1. The number of nitrogens with zero attached hydrogens (tertiary/aromatic N) is 1. The first-order valence-corrected chi connectivity index (χ1v) is 2.79. The molecule has 1 saturated heterocycles. The predicted molar refractivity (Wildman–Crippen MR) is 28.4 cm³/mol. The molecule has 3 heteroatoms. The quantitative estimate of drug-likeness (QED) is 0.536. The number of hydrogen-bond donors (Lipinski definition) is 1. The zero-order valence-corrected chi connectivity index (χ0v) is 4.68. The van der Waals surface area contributed by atoms with Crippen LogP contribution in [0.1, 0.15) is 0 Å². The molecular formula is C5H10FNO. The lowest BCUT2D eigenvalue weighted by atomic mass is 10.2. The second-order valence-corrected chi connectivity index (χ2v) is 2.10. The van der Waals surface area contributed by atoms with Crippen LogP contribution >= 0.6 is 0 Å². The van der Waals surface area contributed by atoms with Crippen LogP contribution in [0.15, 0.2) is 0 Å². The maximum absolute atomic E-state index is 11.5. The minimum absolute atomic E-state index is 0.193. The fourth-order valence-electron chi connectivity index (χ4n) is 0.845. The molecule has 0 saturated carbocycles. The molecule has 0 aliphatic carbocycles. The lowest BCUT2D eigenvalue weighted by molar-refractivity contribution is -0.000390. The molecule has 1 heterocycles. The lowest BCUT2D eigenvalue weighted by Crippen LogP contribution is -2.51. The summed E-state index contributed by atoms with van der Waals surface area (Å²) in [4.78, 5) is 1.88. The highest BCUT2D eigenvalue weighted by Gasteiger charge is 2.22. The molecule has 0 radical (unpaired) electrons. The van der Waals surface area contributed by atoms with Crippen LogP contribution in [-0.4, -0.2) is 42.4 Å². The fourth-order valence-corrected chi connectivity index (χ4v) is 0.845. The van der Waals surface area contributed by atoms with Crippen molar-refractivity contribution >= 4 is 0 Å². The molecule has 0 atom stereocenters. The van der Waals surface area contributed by atoms with E-state index < -0.39 is 0 Å². The van der Waals surface area contributed by atoms with Gasteiger partial charge in [-0.2, -0.15) is 0 Å². The van der Waals surface area contributed by atoms with Gasteiger partial charge in [0.1, 0.15) is 6.67 Å². The number of rotatable bonds is 2. The molecule has 0 amide bonds. The van der Waals surface area contributed by atoms with E-state index in [0.717, 1.165) is 0 Å². The number of β-amino-alcohol motifs (C(OH)–C–C–N with tert-alkyl or cyclic N) is 1. The molecule has 8 heavy (non-hydrogen) atoms. The highest BCUT2D eigenvalue weighted by molar-refractivity contribution is 4.77. The number of aliphatic hydroxyl groups is 1. The smallest absolute Gasteiger partial charge is 0.102 e. The van der Waals surface area contributed by atoms with Gasteiger partial charge in [0.15, 0.2) is 0 Å². The van der Waals surface area contributed by atoms with Crippen molar-refractivity contribution in [1.29, 1.82) is 0 Å². The van der Waals surface area contributed by atoms with Crippen LogP contribution in [-0.2, 0) is 0 Å². The summed E-state index contributed by atoms with van der Waals surface area (Å²) in [6, 6.07) is 0. The lowest BCUT2D eigenvalue weighted by Gasteiger charge is -2.34. The molecule has 0 aromatic heterocycles. The largest absolute Gasteiger partial charge is 0.390 e. The maximum Gasteiger partial charge on any atom is 0.102 e. The van der Waals surface area contributed by atoms with Crippen molar-refractivity contribution < 1.29 is 9.50 Å². The number of alkyl halides is 1. The number of halogens is 1. The Morgan fingerprint density at radius 1 is 1.62 bits per heavy atom. The fraction of sp³-hybridized carbons (Fsp3) is 1.00. The molecular weight excluding hydrogens is 109 g/mol. The minimum Gasteiger partial charge on any atom is -0.390 e. The van der Waals surface area contributed by atoms with E-state index in [9.17, 15) is 4.39 Å². The van der Waals surface area contributed by atoms with Crippen molar-refractivity contribution in [1.82, 2.24) is 4.90 Å². The minimum atomic E-state index is -0.299. The van der Waals surface area contributed by atoms with Gasteiger partial charge in [-0.15, -0.1) is 0 Å². The van der Waals surface area contributed by atoms with Crippen molar-refractivity contribution in [3.05, 3.63) is 0 Å². The second kappa shape index (κ2) is 2.42. The molecule has 2 nitrogen and oxygen atoms in total. The molecule has 0 aromatic rings. The van der Waals surface area contributed by atoms with Crippen molar-refractivity contribution in [3.8, 4) is 0 Å². The Bertz CT molecular complexity index is 70.1. The van der Waals surface area contributed by atoms with Gasteiger partial charge < -0.3 is 5.11 Å². The van der Waals surface area contributed by atoms with Gasteiger partial charge in [0.05, 0.1) is 6.10 Å². The third-order valence-electron chi connectivity index (χ3n) is 1.34. The Kier molecular flexibility index (Phi) is 1.81. The van der Waals surface area contributed by atoms with E-state index in [1.807, 2.05) is 4.90 Å². The standard InChI is InChI=1S/C5H10FNO/c6-1-2-7-3-5(8)4-7/h5,8H,1-4H2. The first kappa shape index (κ1) is 5.98. The van der Waals surface area contributed by atoms with E-state index in [-0.39, 0.29) is 12.8 Å². The van der Waals surface area contributed by atoms with Crippen LogP contribution in [0.25, 0.3) is 0 Å². The third kappa shape index (κ3) is 1.17. The Labute approximate surface area is 47.9 Å². The molecule has 0 spiro atoms. The average Bonchev–Trinajstić information content (AvgIpc) is 1.64. The molecule has 1 aliphatic rings. The summed E-state index contributed by atoms with van der Waals surface area (Å²) in [5, 5.41) is 8.68. The molecule has 1 fully saturated rings. The van der Waals surface area contributed by atoms with Gasteiger partial charge in [0.2, 0.25) is 0 Å². The van der Waals surface area contributed by atoms with Crippen LogP contribution in [0.5, 0.6) is 0 Å². The van der Waals surface area contributed by atoms with Crippen LogP contribution < -0.4 is 0 Å². The van der Waals surface area contributed by atoms with Gasteiger partial charge in [-0.3, -0.25) is 4.90 Å². The number of likely N-dealkylation sites (tertiary alicyclic amines) is 1. The second-order valence-electron chi connectivity index (χ2n) is 2.10. The van der Waals surface area contributed by atoms with Crippen molar-refractivity contribution in [2.24, 2.45) is 0 Å². The summed E-state index contributed by atoms with van der Waals surface area (Å²) < 4.78 is 11.5. The summed E-state index contributed by atoms with van der Waals surface area (Å²) in [5.74, 6) is 0. The first-order valence-electron chi connectivity index (χ1n) is 2.79.